The molecule has 7 heteroatoms. The van der Waals surface area contributed by atoms with E-state index in [1.807, 2.05) is 0 Å². The number of carbonyl (C=O) groups excluding carboxylic acids is 1. The molecule has 0 saturated carbocycles. The molecule has 0 spiro atoms. The fourth-order valence-electron chi connectivity index (χ4n) is 2.49. The standard InChI is InChI=1S/C17H12ClFN2O3/c1-24-17(23)11-4-2-3-5-14(11)21-15(9-18)20-13-7-6-10(19)8-12(13)16(21)22/h2-8H,9H2,1H3. The molecule has 24 heavy (non-hydrogen) atoms. The van der Waals surface area contributed by atoms with Crippen LogP contribution in [0.3, 0.4) is 0 Å². The Hall–Kier alpha value is -2.73. The highest BCUT2D eigenvalue weighted by Gasteiger charge is 2.18. The molecule has 0 N–H and O–H groups in total. The number of para-hydroxylation sites is 1. The van der Waals surface area contributed by atoms with Gasteiger partial charge in [0, 0.05) is 0 Å². The van der Waals surface area contributed by atoms with Gasteiger partial charge < -0.3 is 4.74 Å². The van der Waals surface area contributed by atoms with E-state index in [1.54, 1.807) is 18.2 Å². The molecule has 1 heterocycles. The van der Waals surface area contributed by atoms with Gasteiger partial charge in [0.2, 0.25) is 0 Å². The molecule has 0 aliphatic rings. The Morgan fingerprint density at radius 2 is 2.04 bits per heavy atom. The molecule has 0 saturated heterocycles. The zero-order valence-electron chi connectivity index (χ0n) is 12.6. The molecule has 0 fully saturated rings. The van der Waals surface area contributed by atoms with E-state index in [-0.39, 0.29) is 28.3 Å². The lowest BCUT2D eigenvalue weighted by molar-refractivity contribution is 0.0600. The van der Waals surface area contributed by atoms with Gasteiger partial charge in [-0.15, -0.1) is 11.6 Å². The van der Waals surface area contributed by atoms with Crippen molar-refractivity contribution in [2.45, 2.75) is 5.88 Å². The number of methoxy groups -OCH3 is 1. The summed E-state index contributed by atoms with van der Waals surface area (Å²) in [4.78, 5) is 29.2. The maximum atomic E-state index is 13.5. The van der Waals surface area contributed by atoms with Gasteiger partial charge in [-0.3, -0.25) is 9.36 Å². The van der Waals surface area contributed by atoms with Crippen LogP contribution in [0.2, 0.25) is 0 Å². The average molecular weight is 347 g/mol. The highest BCUT2D eigenvalue weighted by Crippen LogP contribution is 2.19. The summed E-state index contributed by atoms with van der Waals surface area (Å²) < 4.78 is 19.5. The van der Waals surface area contributed by atoms with Crippen LogP contribution in [0.15, 0.2) is 47.3 Å². The number of hydrogen-bond acceptors (Lipinski definition) is 4. The molecule has 122 valence electrons. The van der Waals surface area contributed by atoms with Crippen LogP contribution in [-0.4, -0.2) is 22.6 Å². The molecule has 0 aliphatic carbocycles. The average Bonchev–Trinajstić information content (AvgIpc) is 2.61. The van der Waals surface area contributed by atoms with Crippen LogP contribution in [-0.2, 0) is 10.6 Å². The summed E-state index contributed by atoms with van der Waals surface area (Å²) in [6.45, 7) is 0. The summed E-state index contributed by atoms with van der Waals surface area (Å²) in [6.07, 6.45) is 0. The lowest BCUT2D eigenvalue weighted by atomic mass is 10.1. The lowest BCUT2D eigenvalue weighted by Gasteiger charge is -2.14. The quantitative estimate of drug-likeness (QED) is 0.540. The van der Waals surface area contributed by atoms with E-state index >= 15 is 0 Å². The third-order valence-electron chi connectivity index (χ3n) is 3.57. The van der Waals surface area contributed by atoms with E-state index in [9.17, 15) is 14.0 Å². The number of alkyl halides is 1. The van der Waals surface area contributed by atoms with Gasteiger partial charge in [0.1, 0.15) is 11.6 Å². The topological polar surface area (TPSA) is 61.2 Å². The van der Waals surface area contributed by atoms with E-state index in [1.165, 1.54) is 29.9 Å². The molecule has 0 aliphatic heterocycles. The van der Waals surface area contributed by atoms with Crippen molar-refractivity contribution < 1.29 is 13.9 Å². The molecule has 5 nitrogen and oxygen atoms in total. The molecule has 3 aromatic rings. The van der Waals surface area contributed by atoms with Crippen LogP contribution in [0.1, 0.15) is 16.2 Å². The molecule has 0 amide bonds. The zero-order chi connectivity index (χ0) is 17.3. The van der Waals surface area contributed by atoms with Crippen LogP contribution in [0.25, 0.3) is 16.6 Å². The van der Waals surface area contributed by atoms with Crippen molar-refractivity contribution in [3.8, 4) is 5.69 Å². The molecule has 3 rings (SSSR count). The first-order chi connectivity index (χ1) is 11.6. The summed E-state index contributed by atoms with van der Waals surface area (Å²) in [7, 11) is 1.25. The second-order valence-electron chi connectivity index (χ2n) is 4.97. The summed E-state index contributed by atoms with van der Waals surface area (Å²) in [5.41, 5.74) is 0.296. The minimum Gasteiger partial charge on any atom is -0.465 e. The number of rotatable bonds is 3. The molecular weight excluding hydrogens is 335 g/mol. The number of ether oxygens (including phenoxy) is 1. The van der Waals surface area contributed by atoms with E-state index in [4.69, 9.17) is 16.3 Å². The second-order valence-corrected chi connectivity index (χ2v) is 5.24. The Bertz CT molecular complexity index is 1000. The van der Waals surface area contributed by atoms with E-state index in [0.717, 1.165) is 6.07 Å². The largest absolute Gasteiger partial charge is 0.465 e. The Morgan fingerprint density at radius 1 is 1.29 bits per heavy atom. The number of halogens is 2. The SMILES string of the molecule is COC(=O)c1ccccc1-n1c(CCl)nc2ccc(F)cc2c1=O. The van der Waals surface area contributed by atoms with Gasteiger partial charge in [0.15, 0.2) is 0 Å². The predicted octanol–water partition coefficient (Wildman–Crippen LogP) is 3.05. The number of carbonyl (C=O) groups is 1. The Labute approximate surface area is 141 Å². The van der Waals surface area contributed by atoms with Crippen LogP contribution < -0.4 is 5.56 Å². The minimum atomic E-state index is -0.600. The third-order valence-corrected chi connectivity index (χ3v) is 3.81. The number of benzene rings is 2. The fraction of sp³-hybridized carbons (Fsp3) is 0.118. The number of esters is 1. The van der Waals surface area contributed by atoms with Gasteiger partial charge in [-0.2, -0.15) is 0 Å². The van der Waals surface area contributed by atoms with Crippen molar-refractivity contribution in [2.75, 3.05) is 7.11 Å². The Balaban J connectivity index is 2.40. The summed E-state index contributed by atoms with van der Waals surface area (Å²) in [6, 6.07) is 10.2. The number of fused-ring (bicyclic) bond motifs is 1. The van der Waals surface area contributed by atoms with Crippen molar-refractivity contribution in [3.05, 3.63) is 70.0 Å². The van der Waals surface area contributed by atoms with Crippen LogP contribution >= 0.6 is 11.6 Å². The van der Waals surface area contributed by atoms with Gasteiger partial charge in [-0.05, 0) is 30.3 Å². The van der Waals surface area contributed by atoms with Gasteiger partial charge in [-0.1, -0.05) is 12.1 Å². The first kappa shape index (κ1) is 16.1. The Kier molecular flexibility index (Phi) is 4.31. The molecule has 0 atom stereocenters. The van der Waals surface area contributed by atoms with Crippen molar-refractivity contribution in [2.24, 2.45) is 0 Å². The molecule has 2 aromatic carbocycles. The fourth-order valence-corrected chi connectivity index (χ4v) is 2.67. The first-order valence-electron chi connectivity index (χ1n) is 7.01. The van der Waals surface area contributed by atoms with Crippen LogP contribution in [0, 0.1) is 5.82 Å². The van der Waals surface area contributed by atoms with Crippen molar-refractivity contribution in [3.63, 3.8) is 0 Å². The maximum absolute atomic E-state index is 13.5. The predicted molar refractivity (Wildman–Crippen MR) is 88.2 cm³/mol. The van der Waals surface area contributed by atoms with Crippen molar-refractivity contribution in [1.82, 2.24) is 9.55 Å². The van der Waals surface area contributed by atoms with E-state index < -0.39 is 17.3 Å². The molecule has 0 unspecified atom stereocenters. The van der Waals surface area contributed by atoms with Gasteiger partial charge in [-0.25, -0.2) is 14.2 Å². The highest BCUT2D eigenvalue weighted by atomic mass is 35.5. The van der Waals surface area contributed by atoms with E-state index in [2.05, 4.69) is 4.98 Å². The first-order valence-corrected chi connectivity index (χ1v) is 7.55. The van der Waals surface area contributed by atoms with E-state index in [0.29, 0.717) is 5.52 Å². The second kappa shape index (κ2) is 6.41. The smallest absolute Gasteiger partial charge is 0.339 e. The van der Waals surface area contributed by atoms with Gasteiger partial charge in [0.05, 0.1) is 35.1 Å². The summed E-state index contributed by atoms with van der Waals surface area (Å²) in [5.74, 6) is -0.958. The van der Waals surface area contributed by atoms with Crippen molar-refractivity contribution in [1.29, 1.82) is 0 Å². The lowest BCUT2D eigenvalue weighted by Crippen LogP contribution is -2.25. The van der Waals surface area contributed by atoms with Gasteiger partial charge in [0.25, 0.3) is 5.56 Å². The van der Waals surface area contributed by atoms with Crippen LogP contribution in [0.5, 0.6) is 0 Å². The minimum absolute atomic E-state index is 0.0575. The molecule has 0 radical (unpaired) electrons. The Morgan fingerprint density at radius 3 is 2.75 bits per heavy atom. The van der Waals surface area contributed by atoms with Crippen molar-refractivity contribution >= 4 is 28.5 Å². The number of nitrogens with zero attached hydrogens (tertiary/aromatic N) is 2. The van der Waals surface area contributed by atoms with Gasteiger partial charge >= 0.3 is 5.97 Å². The molecule has 0 bridgehead atoms. The maximum Gasteiger partial charge on any atom is 0.339 e. The summed E-state index contributed by atoms with van der Waals surface area (Å²) >= 11 is 5.94. The van der Waals surface area contributed by atoms with Crippen LogP contribution in [0.4, 0.5) is 4.39 Å². The summed E-state index contributed by atoms with van der Waals surface area (Å²) in [5, 5.41) is 0.100. The number of aromatic nitrogens is 2. The highest BCUT2D eigenvalue weighted by molar-refractivity contribution is 6.16. The molecule has 1 aromatic heterocycles. The number of hydrogen-bond donors (Lipinski definition) is 0. The molecular formula is C17H12ClFN2O3. The zero-order valence-corrected chi connectivity index (χ0v) is 13.4. The monoisotopic (exact) mass is 346 g/mol. The third kappa shape index (κ3) is 2.65. The normalized spacial score (nSPS) is 10.8.